The number of aryl methyl sites for hydroxylation is 1. The first-order valence-corrected chi connectivity index (χ1v) is 7.20. The number of benzene rings is 1. The van der Waals surface area contributed by atoms with Crippen LogP contribution in [0.15, 0.2) is 30.6 Å². The smallest absolute Gasteiger partial charge is 0.142 e. The van der Waals surface area contributed by atoms with Crippen molar-refractivity contribution in [3.05, 3.63) is 63.9 Å². The molecule has 1 heterocycles. The van der Waals surface area contributed by atoms with Crippen LogP contribution in [0, 0.1) is 18.6 Å². The highest BCUT2D eigenvalue weighted by Crippen LogP contribution is 2.29. The molecule has 2 rings (SSSR count). The molecule has 2 nitrogen and oxygen atoms in total. The van der Waals surface area contributed by atoms with Crippen LogP contribution >= 0.6 is 11.6 Å². The van der Waals surface area contributed by atoms with Crippen LogP contribution in [0.4, 0.5) is 8.78 Å². The van der Waals surface area contributed by atoms with Crippen molar-refractivity contribution >= 4 is 11.6 Å². The Morgan fingerprint density at radius 1 is 1.24 bits per heavy atom. The number of nitrogens with one attached hydrogen (secondary N) is 1. The van der Waals surface area contributed by atoms with Crippen LogP contribution in [-0.4, -0.2) is 11.5 Å². The van der Waals surface area contributed by atoms with Gasteiger partial charge in [0.05, 0.1) is 11.1 Å². The molecule has 0 saturated carbocycles. The summed E-state index contributed by atoms with van der Waals surface area (Å²) in [6.07, 6.45) is 4.23. The summed E-state index contributed by atoms with van der Waals surface area (Å²) in [5.41, 5.74) is 2.03. The third-order valence-electron chi connectivity index (χ3n) is 3.34. The zero-order valence-electron chi connectivity index (χ0n) is 12.0. The molecule has 0 aliphatic rings. The van der Waals surface area contributed by atoms with Crippen molar-refractivity contribution in [2.45, 2.75) is 26.3 Å². The third kappa shape index (κ3) is 3.57. The summed E-state index contributed by atoms with van der Waals surface area (Å²) in [6.45, 7) is 4.61. The molecule has 0 radical (unpaired) electrons. The highest BCUT2D eigenvalue weighted by molar-refractivity contribution is 6.30. The predicted octanol–water partition coefficient (Wildman–Crippen LogP) is 4.41. The van der Waals surface area contributed by atoms with Gasteiger partial charge in [0.15, 0.2) is 0 Å². The molecule has 0 aliphatic carbocycles. The fourth-order valence-electron chi connectivity index (χ4n) is 2.21. The van der Waals surface area contributed by atoms with E-state index in [9.17, 15) is 8.78 Å². The minimum absolute atomic E-state index is 0.214. The van der Waals surface area contributed by atoms with Gasteiger partial charge in [0.1, 0.15) is 11.6 Å². The molecule has 5 heteroatoms. The molecular formula is C16H17ClF2N2. The normalized spacial score (nSPS) is 12.4. The largest absolute Gasteiger partial charge is 0.306 e. The van der Waals surface area contributed by atoms with Crippen molar-refractivity contribution in [3.8, 4) is 0 Å². The number of pyridine rings is 1. The molecule has 1 aromatic carbocycles. The Morgan fingerprint density at radius 3 is 2.67 bits per heavy atom. The number of rotatable bonds is 5. The molecule has 1 N–H and O–H groups in total. The number of aromatic nitrogens is 1. The van der Waals surface area contributed by atoms with Gasteiger partial charge in [0.25, 0.3) is 0 Å². The SMILES string of the molecule is CCCNC(c1cnccc1C)c1cc(F)c(Cl)cc1F. The Bertz CT molecular complexity index is 632. The van der Waals surface area contributed by atoms with E-state index in [1.165, 1.54) is 0 Å². The molecular weight excluding hydrogens is 294 g/mol. The average Bonchev–Trinajstić information content (AvgIpc) is 2.46. The van der Waals surface area contributed by atoms with E-state index in [0.717, 1.165) is 29.7 Å². The fraction of sp³-hybridized carbons (Fsp3) is 0.312. The van der Waals surface area contributed by atoms with E-state index in [2.05, 4.69) is 10.3 Å². The van der Waals surface area contributed by atoms with Gasteiger partial charge in [0.2, 0.25) is 0 Å². The Hall–Kier alpha value is -1.52. The maximum Gasteiger partial charge on any atom is 0.142 e. The summed E-state index contributed by atoms with van der Waals surface area (Å²) >= 11 is 5.62. The predicted molar refractivity (Wildman–Crippen MR) is 80.5 cm³/mol. The molecule has 2 aromatic rings. The zero-order chi connectivity index (χ0) is 15.4. The third-order valence-corrected chi connectivity index (χ3v) is 3.63. The lowest BCUT2D eigenvalue weighted by Gasteiger charge is -2.21. The van der Waals surface area contributed by atoms with Crippen molar-refractivity contribution in [3.63, 3.8) is 0 Å². The molecule has 1 atom stereocenters. The van der Waals surface area contributed by atoms with E-state index in [1.807, 2.05) is 19.9 Å². The Kier molecular flexibility index (Phi) is 5.26. The highest BCUT2D eigenvalue weighted by Gasteiger charge is 2.21. The van der Waals surface area contributed by atoms with Gasteiger partial charge in [-0.25, -0.2) is 8.78 Å². The Balaban J connectivity index is 2.51. The summed E-state index contributed by atoms with van der Waals surface area (Å²) in [4.78, 5) is 4.09. The highest BCUT2D eigenvalue weighted by atomic mass is 35.5. The second-order valence-electron chi connectivity index (χ2n) is 4.91. The van der Waals surface area contributed by atoms with Crippen molar-refractivity contribution < 1.29 is 8.78 Å². The maximum atomic E-state index is 14.2. The van der Waals surface area contributed by atoms with Crippen molar-refractivity contribution in [1.82, 2.24) is 10.3 Å². The fourth-order valence-corrected chi connectivity index (χ4v) is 2.36. The van der Waals surface area contributed by atoms with Gasteiger partial charge in [-0.1, -0.05) is 18.5 Å². The van der Waals surface area contributed by atoms with Gasteiger partial charge >= 0.3 is 0 Å². The summed E-state index contributed by atoms with van der Waals surface area (Å²) in [6, 6.07) is 3.56. The monoisotopic (exact) mass is 310 g/mol. The maximum absolute atomic E-state index is 14.2. The standard InChI is InChI=1S/C16H17ClF2N2/c1-3-5-21-16(12-9-20-6-4-10(12)2)11-7-15(19)13(17)8-14(11)18/h4,6-9,16,21H,3,5H2,1-2H3. The first-order chi connectivity index (χ1) is 10.0. The summed E-state index contributed by atoms with van der Waals surface area (Å²) < 4.78 is 27.9. The van der Waals surface area contributed by atoms with E-state index in [0.29, 0.717) is 6.54 Å². The average molecular weight is 311 g/mol. The van der Waals surface area contributed by atoms with Crippen LogP contribution in [0.1, 0.15) is 36.1 Å². The lowest BCUT2D eigenvalue weighted by atomic mass is 9.96. The van der Waals surface area contributed by atoms with Gasteiger partial charge in [-0.3, -0.25) is 4.98 Å². The van der Waals surface area contributed by atoms with Crippen LogP contribution in [0.3, 0.4) is 0 Å². The lowest BCUT2D eigenvalue weighted by molar-refractivity contribution is 0.533. The van der Waals surface area contributed by atoms with Crippen LogP contribution < -0.4 is 5.32 Å². The topological polar surface area (TPSA) is 24.9 Å². The molecule has 0 amide bonds. The van der Waals surface area contributed by atoms with E-state index in [-0.39, 0.29) is 10.6 Å². The van der Waals surface area contributed by atoms with Gasteiger partial charge in [0, 0.05) is 18.0 Å². The van der Waals surface area contributed by atoms with E-state index in [1.54, 1.807) is 12.4 Å². The van der Waals surface area contributed by atoms with Crippen molar-refractivity contribution in [2.75, 3.05) is 6.54 Å². The second-order valence-corrected chi connectivity index (χ2v) is 5.31. The minimum Gasteiger partial charge on any atom is -0.306 e. The molecule has 0 aliphatic heterocycles. The van der Waals surface area contributed by atoms with Gasteiger partial charge in [-0.2, -0.15) is 0 Å². The summed E-state index contributed by atoms with van der Waals surface area (Å²) in [5, 5.41) is 3.03. The Morgan fingerprint density at radius 2 is 2.00 bits per heavy atom. The molecule has 1 unspecified atom stereocenters. The van der Waals surface area contributed by atoms with Gasteiger partial charge < -0.3 is 5.32 Å². The number of hydrogen-bond acceptors (Lipinski definition) is 2. The number of halogens is 3. The van der Waals surface area contributed by atoms with Crippen LogP contribution in [0.25, 0.3) is 0 Å². The first-order valence-electron chi connectivity index (χ1n) is 6.83. The molecule has 0 fully saturated rings. The summed E-state index contributed by atoms with van der Waals surface area (Å²) in [5.74, 6) is -1.16. The lowest BCUT2D eigenvalue weighted by Crippen LogP contribution is -2.25. The quantitative estimate of drug-likeness (QED) is 0.827. The van der Waals surface area contributed by atoms with Crippen LogP contribution in [-0.2, 0) is 0 Å². The molecule has 112 valence electrons. The zero-order valence-corrected chi connectivity index (χ0v) is 12.7. The number of hydrogen-bond donors (Lipinski definition) is 1. The number of nitrogens with zero attached hydrogens (tertiary/aromatic N) is 1. The summed E-state index contributed by atoms with van der Waals surface area (Å²) in [7, 11) is 0. The van der Waals surface area contributed by atoms with Crippen molar-refractivity contribution in [2.24, 2.45) is 0 Å². The second kappa shape index (κ2) is 6.96. The van der Waals surface area contributed by atoms with E-state index < -0.39 is 17.7 Å². The minimum atomic E-state index is -0.627. The molecule has 21 heavy (non-hydrogen) atoms. The van der Waals surface area contributed by atoms with Gasteiger partial charge in [-0.05, 0) is 49.2 Å². The molecule has 0 saturated heterocycles. The molecule has 0 spiro atoms. The molecule has 0 bridgehead atoms. The van der Waals surface area contributed by atoms with Crippen molar-refractivity contribution in [1.29, 1.82) is 0 Å². The molecule has 1 aromatic heterocycles. The van der Waals surface area contributed by atoms with E-state index >= 15 is 0 Å². The van der Waals surface area contributed by atoms with Gasteiger partial charge in [-0.15, -0.1) is 0 Å². The van der Waals surface area contributed by atoms with E-state index in [4.69, 9.17) is 11.6 Å². The first kappa shape index (κ1) is 15.9. The van der Waals surface area contributed by atoms with Crippen LogP contribution in [0.2, 0.25) is 5.02 Å². The van der Waals surface area contributed by atoms with Crippen LogP contribution in [0.5, 0.6) is 0 Å². The Labute approximate surface area is 128 Å².